The molecule has 0 bridgehead atoms. The van der Waals surface area contributed by atoms with E-state index in [0.717, 1.165) is 6.29 Å². The van der Waals surface area contributed by atoms with Crippen LogP contribution in [-0.4, -0.2) is 29.4 Å². The van der Waals surface area contributed by atoms with Crippen LogP contribution in [0.25, 0.3) is 0 Å². The number of aromatic nitrogens is 1. The summed E-state index contributed by atoms with van der Waals surface area (Å²) in [6.45, 7) is 1.81. The van der Waals surface area contributed by atoms with Gasteiger partial charge in [-0.2, -0.15) is 0 Å². The van der Waals surface area contributed by atoms with Gasteiger partial charge in [0.15, 0.2) is 0 Å². The molecule has 0 saturated heterocycles. The zero-order chi connectivity index (χ0) is 11.7. The fourth-order valence-electron chi connectivity index (χ4n) is 0.700. The van der Waals surface area contributed by atoms with Crippen molar-refractivity contribution in [2.45, 2.75) is 13.3 Å². The second kappa shape index (κ2) is 7.49. The summed E-state index contributed by atoms with van der Waals surface area (Å²) in [6, 6.07) is 2.92. The Morgan fingerprint density at radius 1 is 1.67 bits per heavy atom. The molecule has 1 rings (SSSR count). The van der Waals surface area contributed by atoms with Gasteiger partial charge in [-0.05, 0) is 12.1 Å². The first-order valence-corrected chi connectivity index (χ1v) is 4.46. The van der Waals surface area contributed by atoms with Gasteiger partial charge in [0, 0.05) is 19.7 Å². The van der Waals surface area contributed by atoms with Gasteiger partial charge < -0.3 is 15.2 Å². The maximum Gasteiger partial charge on any atom is 0.335 e. The van der Waals surface area contributed by atoms with E-state index in [2.05, 4.69) is 10.3 Å². The van der Waals surface area contributed by atoms with Gasteiger partial charge in [0.2, 0.25) is 0 Å². The van der Waals surface area contributed by atoms with Crippen LogP contribution >= 0.6 is 0 Å². The molecule has 0 aliphatic rings. The summed E-state index contributed by atoms with van der Waals surface area (Å²) >= 11 is 0. The van der Waals surface area contributed by atoms with E-state index in [-0.39, 0.29) is 5.56 Å². The molecule has 15 heavy (non-hydrogen) atoms. The normalized spacial score (nSPS) is 8.40. The zero-order valence-corrected chi connectivity index (χ0v) is 8.73. The van der Waals surface area contributed by atoms with E-state index in [1.54, 1.807) is 7.05 Å². The number of hydrogen-bond donors (Lipinski definition) is 2. The molecule has 1 aromatic heterocycles. The molecule has 5 heteroatoms. The fourth-order valence-corrected chi connectivity index (χ4v) is 0.700. The van der Waals surface area contributed by atoms with Gasteiger partial charge in [-0.1, -0.05) is 6.92 Å². The van der Waals surface area contributed by atoms with E-state index in [4.69, 9.17) is 5.11 Å². The summed E-state index contributed by atoms with van der Waals surface area (Å²) in [6.07, 6.45) is 2.97. The maximum absolute atomic E-state index is 10.4. The Bertz CT molecular complexity index is 326. The Balaban J connectivity index is 0.000000423. The summed E-state index contributed by atoms with van der Waals surface area (Å²) in [5, 5.41) is 11.3. The van der Waals surface area contributed by atoms with Crippen molar-refractivity contribution >= 4 is 18.1 Å². The van der Waals surface area contributed by atoms with Crippen LogP contribution in [0.1, 0.15) is 23.7 Å². The second-order valence-electron chi connectivity index (χ2n) is 2.56. The predicted molar refractivity (Wildman–Crippen MR) is 57.1 cm³/mol. The topological polar surface area (TPSA) is 79.3 Å². The molecule has 1 aromatic rings. The number of rotatable bonds is 3. The number of pyridine rings is 1. The van der Waals surface area contributed by atoms with Crippen molar-refractivity contribution in [3.63, 3.8) is 0 Å². The number of anilines is 1. The minimum absolute atomic E-state index is 0.240. The van der Waals surface area contributed by atoms with Crippen molar-refractivity contribution in [3.05, 3.63) is 23.9 Å². The molecule has 1 heterocycles. The molecule has 0 radical (unpaired) electrons. The minimum atomic E-state index is -0.941. The fraction of sp³-hybridized carbons (Fsp3) is 0.300. The van der Waals surface area contributed by atoms with Crippen molar-refractivity contribution in [1.82, 2.24) is 4.98 Å². The van der Waals surface area contributed by atoms with Crippen LogP contribution in [-0.2, 0) is 4.79 Å². The number of aromatic carboxylic acids is 1. The van der Waals surface area contributed by atoms with E-state index in [1.807, 2.05) is 6.92 Å². The predicted octanol–water partition coefficient (Wildman–Crippen LogP) is 1.42. The monoisotopic (exact) mass is 210 g/mol. The summed E-state index contributed by atoms with van der Waals surface area (Å²) in [5.74, 6) is -0.381. The van der Waals surface area contributed by atoms with E-state index >= 15 is 0 Å². The number of carboxylic acid groups (broad SMARTS) is 1. The van der Waals surface area contributed by atoms with E-state index < -0.39 is 5.97 Å². The first kappa shape index (κ1) is 13.1. The first-order chi connectivity index (χ1) is 7.15. The number of nitrogens with zero attached hydrogens (tertiary/aromatic N) is 1. The highest BCUT2D eigenvalue weighted by molar-refractivity contribution is 5.88. The third kappa shape index (κ3) is 5.41. The lowest BCUT2D eigenvalue weighted by Gasteiger charge is -1.98. The lowest BCUT2D eigenvalue weighted by atomic mass is 10.3. The Hall–Kier alpha value is -1.91. The number of aldehydes is 1. The average Bonchev–Trinajstić information content (AvgIpc) is 2.29. The first-order valence-electron chi connectivity index (χ1n) is 4.46. The summed E-state index contributed by atoms with van der Waals surface area (Å²) in [4.78, 5) is 23.5. The molecule has 0 aliphatic heterocycles. The smallest absolute Gasteiger partial charge is 0.335 e. The molecule has 0 fully saturated rings. The molecule has 0 spiro atoms. The van der Waals surface area contributed by atoms with Crippen LogP contribution in [0, 0.1) is 0 Å². The van der Waals surface area contributed by atoms with Gasteiger partial charge in [-0.15, -0.1) is 0 Å². The SMILES string of the molecule is CCC=O.CNc1cc(C(=O)O)ccn1. The number of hydrogen-bond acceptors (Lipinski definition) is 4. The van der Waals surface area contributed by atoms with Crippen LogP contribution in [0.15, 0.2) is 18.3 Å². The highest BCUT2D eigenvalue weighted by atomic mass is 16.4. The van der Waals surface area contributed by atoms with Crippen LogP contribution < -0.4 is 5.32 Å². The van der Waals surface area contributed by atoms with Crippen molar-refractivity contribution in [3.8, 4) is 0 Å². The van der Waals surface area contributed by atoms with Gasteiger partial charge in [-0.3, -0.25) is 0 Å². The molecule has 0 atom stereocenters. The number of nitrogens with one attached hydrogen (secondary N) is 1. The lowest BCUT2D eigenvalue weighted by molar-refractivity contribution is -0.107. The van der Waals surface area contributed by atoms with Gasteiger partial charge >= 0.3 is 5.97 Å². The van der Waals surface area contributed by atoms with E-state index in [1.165, 1.54) is 18.3 Å². The molecule has 2 N–H and O–H groups in total. The van der Waals surface area contributed by atoms with Gasteiger partial charge in [0.05, 0.1) is 5.56 Å². The average molecular weight is 210 g/mol. The van der Waals surface area contributed by atoms with Crippen molar-refractivity contribution in [1.29, 1.82) is 0 Å². The number of carbonyl (C=O) groups is 2. The maximum atomic E-state index is 10.4. The summed E-state index contributed by atoms with van der Waals surface area (Å²) in [5.41, 5.74) is 0.240. The number of carbonyl (C=O) groups excluding carboxylic acids is 1. The quantitative estimate of drug-likeness (QED) is 0.737. The molecule has 0 saturated carbocycles. The van der Waals surface area contributed by atoms with Crippen molar-refractivity contribution < 1.29 is 14.7 Å². The Morgan fingerprint density at radius 2 is 2.27 bits per heavy atom. The van der Waals surface area contributed by atoms with E-state index in [9.17, 15) is 9.59 Å². The zero-order valence-electron chi connectivity index (χ0n) is 8.73. The van der Waals surface area contributed by atoms with E-state index in [0.29, 0.717) is 12.2 Å². The highest BCUT2D eigenvalue weighted by Gasteiger charge is 2.01. The molecule has 0 aromatic carbocycles. The van der Waals surface area contributed by atoms with Gasteiger partial charge in [0.1, 0.15) is 12.1 Å². The van der Waals surface area contributed by atoms with Crippen molar-refractivity contribution in [2.75, 3.05) is 12.4 Å². The molecule has 0 amide bonds. The highest BCUT2D eigenvalue weighted by Crippen LogP contribution is 2.04. The third-order valence-electron chi connectivity index (χ3n) is 1.43. The second-order valence-corrected chi connectivity index (χ2v) is 2.56. The van der Waals surface area contributed by atoms with Crippen LogP contribution in [0.2, 0.25) is 0 Å². The summed E-state index contributed by atoms with van der Waals surface area (Å²) in [7, 11) is 1.69. The van der Waals surface area contributed by atoms with Crippen molar-refractivity contribution in [2.24, 2.45) is 0 Å². The molecule has 82 valence electrons. The molecular weight excluding hydrogens is 196 g/mol. The molecular formula is C10H14N2O3. The Kier molecular flexibility index (Phi) is 6.54. The Labute approximate surface area is 88.1 Å². The third-order valence-corrected chi connectivity index (χ3v) is 1.43. The summed E-state index contributed by atoms with van der Waals surface area (Å²) < 4.78 is 0. The largest absolute Gasteiger partial charge is 0.478 e. The minimum Gasteiger partial charge on any atom is -0.478 e. The standard InChI is InChI=1S/C7H8N2O2.C3H6O/c1-8-6-4-5(7(10)11)2-3-9-6;1-2-3-4/h2-4H,1H3,(H,8,9)(H,10,11);3H,2H2,1H3. The molecule has 0 unspecified atom stereocenters. The van der Waals surface area contributed by atoms with Gasteiger partial charge in [0.25, 0.3) is 0 Å². The van der Waals surface area contributed by atoms with Crippen LogP contribution in [0.3, 0.4) is 0 Å². The molecule has 5 nitrogen and oxygen atoms in total. The molecule has 0 aliphatic carbocycles. The van der Waals surface area contributed by atoms with Crippen LogP contribution in [0.4, 0.5) is 5.82 Å². The van der Waals surface area contributed by atoms with Crippen LogP contribution in [0.5, 0.6) is 0 Å². The Morgan fingerprint density at radius 3 is 2.67 bits per heavy atom. The lowest BCUT2D eigenvalue weighted by Crippen LogP contribution is -1.99. The number of carboxylic acids is 1. The van der Waals surface area contributed by atoms with Gasteiger partial charge in [-0.25, -0.2) is 9.78 Å².